The summed E-state index contributed by atoms with van der Waals surface area (Å²) < 4.78 is 19.5. The van der Waals surface area contributed by atoms with Gasteiger partial charge in [0.25, 0.3) is 0 Å². The van der Waals surface area contributed by atoms with Gasteiger partial charge in [0, 0.05) is 30.4 Å². The SMILES string of the molecule is C[C@H](O)[C@@H](NC(=O)C1=C[C@H]2OC(C3CC3)(C3CC3)O[C@H]2[C@H](OC(=O)c2ccccc2C=CCc2ccccc2O)C1)C(=O)NCCO. The second-order valence-electron chi connectivity index (χ2n) is 12.8. The lowest BCUT2D eigenvalue weighted by Crippen LogP contribution is -2.54. The van der Waals surface area contributed by atoms with E-state index in [-0.39, 0.29) is 42.7 Å². The number of esters is 1. The Hall–Kier alpha value is -4.03. The number of nitrogens with one attached hydrogen (secondary N) is 2. The standard InChI is InChI=1S/C36H42N2O9/c1-21(40)31(34(43)37-17-18-39)38-33(42)24-19-29(32-30(20-24)46-36(47-32,25-13-14-25)26-15-16-26)45-35(44)27-11-4-2-7-22(27)9-6-10-23-8-3-5-12-28(23)41/h2-9,11-12,20-21,25-26,29-32,39-41H,10,13-19H2,1H3,(H,37,43)(H,38,42)/t21-,29+,30+,31+,32-/m0/s1. The molecular weight excluding hydrogens is 604 g/mol. The molecule has 1 aliphatic heterocycles. The van der Waals surface area contributed by atoms with Gasteiger partial charge in [0.05, 0.1) is 18.3 Å². The lowest BCUT2D eigenvalue weighted by Gasteiger charge is -2.31. The molecule has 3 aliphatic carbocycles. The number of phenols is 1. The van der Waals surface area contributed by atoms with Crippen LogP contribution in [0.2, 0.25) is 0 Å². The molecule has 5 N–H and O–H groups in total. The van der Waals surface area contributed by atoms with Crippen LogP contribution < -0.4 is 10.6 Å². The van der Waals surface area contributed by atoms with Crippen molar-refractivity contribution in [2.75, 3.05) is 13.2 Å². The Labute approximate surface area is 273 Å². The van der Waals surface area contributed by atoms with Gasteiger partial charge in [-0.2, -0.15) is 0 Å². The number of aromatic hydroxyl groups is 1. The molecular formula is C36H42N2O9. The first-order valence-electron chi connectivity index (χ1n) is 16.4. The van der Waals surface area contributed by atoms with Crippen LogP contribution in [0.15, 0.2) is 66.3 Å². The first-order valence-corrected chi connectivity index (χ1v) is 16.4. The summed E-state index contributed by atoms with van der Waals surface area (Å²) in [5.74, 6) is -1.91. The smallest absolute Gasteiger partial charge is 0.339 e. The lowest BCUT2D eigenvalue weighted by atomic mass is 9.91. The molecule has 1 saturated heterocycles. The number of carbonyl (C=O) groups excluding carboxylic acids is 3. The zero-order chi connectivity index (χ0) is 33.1. The average molecular weight is 647 g/mol. The summed E-state index contributed by atoms with van der Waals surface area (Å²) in [5, 5.41) is 34.5. The number of para-hydroxylation sites is 1. The summed E-state index contributed by atoms with van der Waals surface area (Å²) >= 11 is 0. The van der Waals surface area contributed by atoms with Crippen LogP contribution in [0, 0.1) is 11.8 Å². The van der Waals surface area contributed by atoms with Gasteiger partial charge in [0.1, 0.15) is 30.1 Å². The van der Waals surface area contributed by atoms with E-state index in [1.807, 2.05) is 30.4 Å². The summed E-state index contributed by atoms with van der Waals surface area (Å²) in [6.45, 7) is 1.08. The summed E-state index contributed by atoms with van der Waals surface area (Å²) in [5.41, 5.74) is 1.98. The largest absolute Gasteiger partial charge is 0.508 e. The third-order valence-electron chi connectivity index (χ3n) is 9.23. The van der Waals surface area contributed by atoms with Crippen molar-refractivity contribution in [3.63, 3.8) is 0 Å². The molecule has 250 valence electrons. The molecule has 3 fully saturated rings. The number of allylic oxidation sites excluding steroid dienone is 1. The summed E-state index contributed by atoms with van der Waals surface area (Å²) in [6, 6.07) is 12.9. The Balaban J connectivity index is 1.22. The molecule has 2 aromatic rings. The van der Waals surface area contributed by atoms with Crippen LogP contribution >= 0.6 is 0 Å². The van der Waals surface area contributed by atoms with Gasteiger partial charge in [-0.25, -0.2) is 4.79 Å². The number of phenolic OH excluding ortho intramolecular Hbond substituents is 1. The van der Waals surface area contributed by atoms with Gasteiger partial charge in [-0.1, -0.05) is 48.6 Å². The van der Waals surface area contributed by atoms with E-state index in [0.29, 0.717) is 17.5 Å². The highest BCUT2D eigenvalue weighted by atomic mass is 16.8. The van der Waals surface area contributed by atoms with Gasteiger partial charge in [0.15, 0.2) is 5.79 Å². The van der Waals surface area contributed by atoms with E-state index >= 15 is 0 Å². The van der Waals surface area contributed by atoms with Gasteiger partial charge in [-0.3, -0.25) is 9.59 Å². The van der Waals surface area contributed by atoms with Crippen molar-refractivity contribution < 1.29 is 43.9 Å². The first kappa shape index (κ1) is 32.9. The van der Waals surface area contributed by atoms with Crippen LogP contribution in [0.25, 0.3) is 6.08 Å². The van der Waals surface area contributed by atoms with Crippen LogP contribution in [0.4, 0.5) is 0 Å². The number of hydrogen-bond donors (Lipinski definition) is 5. The van der Waals surface area contributed by atoms with E-state index in [9.17, 15) is 24.6 Å². The van der Waals surface area contributed by atoms with Crippen LogP contribution in [-0.4, -0.2) is 82.5 Å². The van der Waals surface area contributed by atoms with E-state index in [4.69, 9.17) is 19.3 Å². The molecule has 5 atom stereocenters. The average Bonchev–Trinajstić information content (AvgIpc) is 4.00. The quantitative estimate of drug-likeness (QED) is 0.206. The number of amides is 2. The summed E-state index contributed by atoms with van der Waals surface area (Å²) in [6.07, 6.45) is 6.45. The van der Waals surface area contributed by atoms with Gasteiger partial charge >= 0.3 is 5.97 Å². The normalized spacial score (nSPS) is 24.6. The van der Waals surface area contributed by atoms with Gasteiger partial charge in [-0.15, -0.1) is 0 Å². The highest BCUT2D eigenvalue weighted by Crippen LogP contribution is 2.59. The Morgan fingerprint density at radius 2 is 1.74 bits per heavy atom. The van der Waals surface area contributed by atoms with Crippen molar-refractivity contribution in [2.45, 2.75) is 81.7 Å². The number of fused-ring (bicyclic) bond motifs is 1. The van der Waals surface area contributed by atoms with E-state index in [0.717, 1.165) is 31.2 Å². The Bertz CT molecular complexity index is 1530. The van der Waals surface area contributed by atoms with E-state index in [1.54, 1.807) is 36.4 Å². The maximum Gasteiger partial charge on any atom is 0.339 e. The third-order valence-corrected chi connectivity index (χ3v) is 9.23. The maximum absolute atomic E-state index is 13.8. The Morgan fingerprint density at radius 3 is 2.43 bits per heavy atom. The fraction of sp³-hybridized carbons (Fsp3) is 0.472. The summed E-state index contributed by atoms with van der Waals surface area (Å²) in [4.78, 5) is 40.0. The van der Waals surface area contributed by atoms with Crippen molar-refractivity contribution in [1.82, 2.24) is 10.6 Å². The van der Waals surface area contributed by atoms with Crippen molar-refractivity contribution in [1.29, 1.82) is 0 Å². The third kappa shape index (κ3) is 7.28. The molecule has 1 heterocycles. The predicted octanol–water partition coefficient (Wildman–Crippen LogP) is 2.78. The van der Waals surface area contributed by atoms with Crippen LogP contribution in [0.3, 0.4) is 0 Å². The minimum absolute atomic E-state index is 0.0175. The molecule has 0 unspecified atom stereocenters. The minimum atomic E-state index is -1.26. The monoisotopic (exact) mass is 646 g/mol. The van der Waals surface area contributed by atoms with Crippen molar-refractivity contribution >= 4 is 23.9 Å². The number of carbonyl (C=O) groups is 3. The van der Waals surface area contributed by atoms with Crippen LogP contribution in [-0.2, 0) is 30.2 Å². The van der Waals surface area contributed by atoms with Gasteiger partial charge in [0.2, 0.25) is 11.8 Å². The van der Waals surface area contributed by atoms with Gasteiger partial charge in [-0.05, 0) is 68.4 Å². The highest BCUT2D eigenvalue weighted by molar-refractivity contribution is 5.98. The highest BCUT2D eigenvalue weighted by Gasteiger charge is 2.64. The Kier molecular flexibility index (Phi) is 9.79. The predicted molar refractivity (Wildman–Crippen MR) is 171 cm³/mol. The molecule has 4 aliphatic rings. The maximum atomic E-state index is 13.8. The number of benzene rings is 2. The Morgan fingerprint density at radius 1 is 1.04 bits per heavy atom. The lowest BCUT2D eigenvalue weighted by molar-refractivity contribution is -0.209. The van der Waals surface area contributed by atoms with Crippen molar-refractivity contribution in [3.8, 4) is 5.75 Å². The van der Waals surface area contributed by atoms with Crippen LogP contribution in [0.5, 0.6) is 5.75 Å². The molecule has 2 aromatic carbocycles. The van der Waals surface area contributed by atoms with Crippen LogP contribution in [0.1, 0.15) is 60.5 Å². The molecule has 47 heavy (non-hydrogen) atoms. The summed E-state index contributed by atoms with van der Waals surface area (Å²) in [7, 11) is 0. The molecule has 0 aromatic heterocycles. The first-order chi connectivity index (χ1) is 22.7. The fourth-order valence-electron chi connectivity index (χ4n) is 6.52. The number of rotatable bonds is 13. The zero-order valence-electron chi connectivity index (χ0n) is 26.3. The van der Waals surface area contributed by atoms with Crippen molar-refractivity contribution in [3.05, 3.63) is 82.9 Å². The topological polar surface area (TPSA) is 164 Å². The number of aliphatic hydroxyl groups excluding tert-OH is 2. The molecule has 6 rings (SSSR count). The van der Waals surface area contributed by atoms with Crippen molar-refractivity contribution in [2.24, 2.45) is 11.8 Å². The fourth-order valence-corrected chi connectivity index (χ4v) is 6.52. The molecule has 11 heteroatoms. The second-order valence-corrected chi connectivity index (χ2v) is 12.8. The number of ether oxygens (including phenoxy) is 3. The zero-order valence-corrected chi connectivity index (χ0v) is 26.3. The van der Waals surface area contributed by atoms with Gasteiger partial charge < -0.3 is 40.2 Å². The molecule has 0 spiro atoms. The minimum Gasteiger partial charge on any atom is -0.508 e. The number of hydrogen-bond acceptors (Lipinski definition) is 9. The van der Waals surface area contributed by atoms with E-state index in [1.165, 1.54) is 6.92 Å². The molecule has 11 nitrogen and oxygen atoms in total. The molecule has 2 saturated carbocycles. The number of aliphatic hydroxyl groups is 2. The molecule has 2 amide bonds. The van der Waals surface area contributed by atoms with E-state index < -0.39 is 54.0 Å². The van der Waals surface area contributed by atoms with E-state index in [2.05, 4.69) is 10.6 Å². The molecule has 0 radical (unpaired) electrons. The molecule has 0 bridgehead atoms. The second kappa shape index (κ2) is 14.0.